The number of hydrogen-bond donors (Lipinski definition) is 6. The van der Waals surface area contributed by atoms with Gasteiger partial charge in [-0.3, -0.25) is 9.59 Å². The Morgan fingerprint density at radius 3 is 2.69 bits per heavy atom. The zero-order chi connectivity index (χ0) is 33.8. The van der Waals surface area contributed by atoms with E-state index in [1.165, 1.54) is 0 Å². The lowest BCUT2D eigenvalue weighted by Crippen LogP contribution is -2.40. The highest BCUT2D eigenvalue weighted by Crippen LogP contribution is 2.30. The number of Topliss-reactive ketones (excluding diaryl/α,β-unsaturated/α-hetero) is 1. The van der Waals surface area contributed by atoms with E-state index in [4.69, 9.17) is 17.2 Å². The lowest BCUT2D eigenvalue weighted by atomic mass is 9.97. The average molecular weight is 652 g/mol. The molecule has 1 atom stereocenters. The van der Waals surface area contributed by atoms with Gasteiger partial charge in [-0.1, -0.05) is 6.42 Å². The van der Waals surface area contributed by atoms with Crippen molar-refractivity contribution in [3.8, 4) is 11.4 Å². The summed E-state index contributed by atoms with van der Waals surface area (Å²) < 4.78 is 0. The number of carbonyl (C=O) groups excluding carboxylic acids is 2. The summed E-state index contributed by atoms with van der Waals surface area (Å²) in [6.45, 7) is 1.22. The standard InChI is InChI=1S/C31H33N13O4/c32-18-8-9-20(21(13-18)27-40-42-43-41-27)24(45)6-2-1-5-22(30(47)48)37-29(46)17-7-10-23-16(12-17)4-3-11-44(23)15-19-14-35-28-25(36-19)26(33)38-31(34)39-28/h7-10,12-14,22H,1-6,11,15,32H2,(H,37,46)(H,47,48)(H,40,41,42,43)(H4,33,34,35,38,39)/t22-/m0/s1. The van der Waals surface area contributed by atoms with E-state index < -0.39 is 17.9 Å². The number of hydrogen-bond acceptors (Lipinski definition) is 14. The number of ketones is 1. The molecule has 0 saturated carbocycles. The summed E-state index contributed by atoms with van der Waals surface area (Å²) in [6.07, 6.45) is 4.37. The number of anilines is 4. The highest BCUT2D eigenvalue weighted by Gasteiger charge is 2.24. The van der Waals surface area contributed by atoms with Crippen LogP contribution in [0.15, 0.2) is 42.6 Å². The number of aliphatic carboxylic acids is 1. The third-order valence-electron chi connectivity index (χ3n) is 8.09. The molecule has 0 unspecified atom stereocenters. The first-order chi connectivity index (χ1) is 23.2. The van der Waals surface area contributed by atoms with Crippen LogP contribution in [0.5, 0.6) is 0 Å². The zero-order valence-corrected chi connectivity index (χ0v) is 25.8. The number of fused-ring (bicyclic) bond motifs is 2. The van der Waals surface area contributed by atoms with Crippen molar-refractivity contribution in [2.24, 2.45) is 0 Å². The quantitative estimate of drug-likeness (QED) is 0.0639. The molecule has 17 nitrogen and oxygen atoms in total. The summed E-state index contributed by atoms with van der Waals surface area (Å²) in [4.78, 5) is 57.3. The summed E-state index contributed by atoms with van der Waals surface area (Å²) in [5.41, 5.74) is 22.5. The number of nitrogen functional groups attached to an aromatic ring is 3. The zero-order valence-electron chi connectivity index (χ0n) is 25.8. The van der Waals surface area contributed by atoms with Crippen LogP contribution in [-0.2, 0) is 17.8 Å². The van der Waals surface area contributed by atoms with E-state index >= 15 is 0 Å². The number of carboxylic acids is 1. The number of nitrogens with one attached hydrogen (secondary N) is 2. The summed E-state index contributed by atoms with van der Waals surface area (Å²) >= 11 is 0. The molecule has 1 aliphatic rings. The molecule has 0 aliphatic carbocycles. The molecule has 0 saturated heterocycles. The third-order valence-corrected chi connectivity index (χ3v) is 8.09. The topological polar surface area (TPSA) is 271 Å². The van der Waals surface area contributed by atoms with Crippen molar-refractivity contribution in [3.05, 3.63) is 65.0 Å². The molecular formula is C31H33N13O4. The maximum absolute atomic E-state index is 13.2. The van der Waals surface area contributed by atoms with E-state index in [1.54, 1.807) is 36.5 Å². The van der Waals surface area contributed by atoms with Gasteiger partial charge in [-0.05, 0) is 72.9 Å². The van der Waals surface area contributed by atoms with Crippen LogP contribution in [0, 0.1) is 0 Å². The number of aromatic amines is 1. The highest BCUT2D eigenvalue weighted by molar-refractivity contribution is 6.02. The fourth-order valence-electron chi connectivity index (χ4n) is 5.77. The van der Waals surface area contributed by atoms with E-state index in [0.717, 1.165) is 30.6 Å². The Bertz CT molecular complexity index is 2000. The number of aryl methyl sites for hydroxylation is 1. The Balaban J connectivity index is 1.06. The van der Waals surface area contributed by atoms with Crippen molar-refractivity contribution in [3.63, 3.8) is 0 Å². The molecule has 9 N–H and O–H groups in total. The lowest BCUT2D eigenvalue weighted by Gasteiger charge is -2.31. The molecule has 0 fully saturated rings. The maximum Gasteiger partial charge on any atom is 0.326 e. The second-order valence-corrected chi connectivity index (χ2v) is 11.4. The molecule has 1 aliphatic heterocycles. The van der Waals surface area contributed by atoms with Gasteiger partial charge in [0.1, 0.15) is 6.04 Å². The van der Waals surface area contributed by atoms with Gasteiger partial charge >= 0.3 is 5.97 Å². The number of nitrogens with zero attached hydrogens (tertiary/aromatic N) is 8. The minimum absolute atomic E-state index is 0.0282. The van der Waals surface area contributed by atoms with Crippen molar-refractivity contribution in [2.75, 3.05) is 28.6 Å². The lowest BCUT2D eigenvalue weighted by molar-refractivity contribution is -0.139. The second kappa shape index (κ2) is 13.6. The highest BCUT2D eigenvalue weighted by atomic mass is 16.4. The molecular weight excluding hydrogens is 618 g/mol. The van der Waals surface area contributed by atoms with Crippen molar-refractivity contribution < 1.29 is 19.5 Å². The number of carbonyl (C=O) groups is 3. The summed E-state index contributed by atoms with van der Waals surface area (Å²) in [6, 6.07) is 9.05. The van der Waals surface area contributed by atoms with Crippen LogP contribution in [-0.4, -0.2) is 75.9 Å². The monoisotopic (exact) mass is 651 g/mol. The summed E-state index contributed by atoms with van der Waals surface area (Å²) in [5, 5.41) is 26.3. The summed E-state index contributed by atoms with van der Waals surface area (Å²) in [5.74, 6) is -1.36. The van der Waals surface area contributed by atoms with Gasteiger partial charge in [0, 0.05) is 41.0 Å². The average Bonchev–Trinajstić information content (AvgIpc) is 3.61. The van der Waals surface area contributed by atoms with Crippen molar-refractivity contribution in [1.82, 2.24) is 45.9 Å². The van der Waals surface area contributed by atoms with E-state index in [-0.39, 0.29) is 36.2 Å². The number of benzene rings is 2. The predicted octanol–water partition coefficient (Wildman–Crippen LogP) is 1.93. The van der Waals surface area contributed by atoms with Gasteiger partial charge in [0.15, 0.2) is 22.8 Å². The maximum atomic E-state index is 13.2. The Kier molecular flexibility index (Phi) is 9.00. The Morgan fingerprint density at radius 1 is 1.04 bits per heavy atom. The first-order valence-corrected chi connectivity index (χ1v) is 15.3. The molecule has 17 heteroatoms. The van der Waals surface area contributed by atoms with Crippen LogP contribution >= 0.6 is 0 Å². The molecule has 3 aromatic heterocycles. The van der Waals surface area contributed by atoms with Gasteiger partial charge in [-0.15, -0.1) is 10.2 Å². The third kappa shape index (κ3) is 6.93. The first-order valence-electron chi connectivity index (χ1n) is 15.3. The molecule has 4 heterocycles. The Labute approximate surface area is 273 Å². The van der Waals surface area contributed by atoms with Gasteiger partial charge < -0.3 is 32.5 Å². The number of tetrazole rings is 1. The fraction of sp³-hybridized carbons (Fsp3) is 0.290. The largest absolute Gasteiger partial charge is 0.480 e. The molecule has 2 aromatic carbocycles. The van der Waals surface area contributed by atoms with E-state index in [1.807, 2.05) is 6.07 Å². The number of amides is 1. The number of carboxylic acid groups (broad SMARTS) is 1. The molecule has 5 aromatic rings. The van der Waals surface area contributed by atoms with Crippen LogP contribution in [0.2, 0.25) is 0 Å². The fourth-order valence-corrected chi connectivity index (χ4v) is 5.77. The number of rotatable bonds is 12. The molecule has 48 heavy (non-hydrogen) atoms. The van der Waals surface area contributed by atoms with Crippen LogP contribution in [0.1, 0.15) is 64.1 Å². The number of nitrogens with two attached hydrogens (primary N) is 3. The summed E-state index contributed by atoms with van der Waals surface area (Å²) in [7, 11) is 0. The van der Waals surface area contributed by atoms with Crippen molar-refractivity contribution in [2.45, 2.75) is 51.1 Å². The molecule has 6 rings (SSSR count). The smallest absolute Gasteiger partial charge is 0.326 e. The molecule has 0 spiro atoms. The first kappa shape index (κ1) is 31.7. The molecule has 246 valence electrons. The number of aromatic nitrogens is 8. The van der Waals surface area contributed by atoms with Gasteiger partial charge in [0.2, 0.25) is 11.8 Å². The van der Waals surface area contributed by atoms with Gasteiger partial charge in [0.05, 0.1) is 18.4 Å². The SMILES string of the molecule is Nc1ccc(C(=O)CCCC[C@H](NC(=O)c2ccc3c(c2)CCCN3Cc2cnc3nc(N)nc(N)c3n2)C(=O)O)c(-c2nn[nH]n2)c1. The van der Waals surface area contributed by atoms with Gasteiger partial charge in [-0.25, -0.2) is 14.8 Å². The number of unbranched alkanes of at least 4 members (excludes halogenated alkanes) is 1. The van der Waals surface area contributed by atoms with Crippen LogP contribution in [0.3, 0.4) is 0 Å². The molecule has 0 bridgehead atoms. The Morgan fingerprint density at radius 2 is 1.90 bits per heavy atom. The Hall–Kier alpha value is -6.26. The minimum Gasteiger partial charge on any atom is -0.480 e. The van der Waals surface area contributed by atoms with Crippen LogP contribution in [0.25, 0.3) is 22.6 Å². The van der Waals surface area contributed by atoms with E-state index in [9.17, 15) is 19.5 Å². The molecule has 0 radical (unpaired) electrons. The van der Waals surface area contributed by atoms with Gasteiger partial charge in [0.25, 0.3) is 5.91 Å². The molecule has 1 amide bonds. The van der Waals surface area contributed by atoms with Crippen molar-refractivity contribution >= 4 is 52.0 Å². The van der Waals surface area contributed by atoms with Crippen LogP contribution in [0.4, 0.5) is 23.1 Å². The number of H-pyrrole nitrogens is 1. The normalized spacial score (nSPS) is 13.2. The van der Waals surface area contributed by atoms with Crippen molar-refractivity contribution in [1.29, 1.82) is 0 Å². The van der Waals surface area contributed by atoms with E-state index in [2.05, 4.69) is 50.8 Å². The van der Waals surface area contributed by atoms with Gasteiger partial charge in [-0.2, -0.15) is 15.2 Å². The predicted molar refractivity (Wildman–Crippen MR) is 175 cm³/mol. The van der Waals surface area contributed by atoms with Crippen LogP contribution < -0.4 is 27.4 Å². The second-order valence-electron chi connectivity index (χ2n) is 11.4. The minimum atomic E-state index is -1.15. The van der Waals surface area contributed by atoms with E-state index in [0.29, 0.717) is 58.6 Å².